The Morgan fingerprint density at radius 1 is 1.53 bits per heavy atom. The van der Waals surface area contributed by atoms with E-state index in [1.165, 1.54) is 11.5 Å². The van der Waals surface area contributed by atoms with Crippen LogP contribution in [0, 0.1) is 0 Å². The van der Waals surface area contributed by atoms with Crippen molar-refractivity contribution in [3.8, 4) is 0 Å². The maximum Gasteiger partial charge on any atom is 0.170 e. The molecular formula is C9H17N3OS2. The Morgan fingerprint density at radius 3 is 2.93 bits per heavy atom. The zero-order valence-corrected chi connectivity index (χ0v) is 10.7. The second-order valence-electron chi connectivity index (χ2n) is 3.10. The van der Waals surface area contributed by atoms with Gasteiger partial charge in [-0.2, -0.15) is 4.37 Å². The second kappa shape index (κ2) is 7.16. The van der Waals surface area contributed by atoms with Crippen molar-refractivity contribution in [3.63, 3.8) is 0 Å². The number of hydrogen-bond acceptors (Lipinski definition) is 6. The molecule has 0 fully saturated rings. The molecule has 2 N–H and O–H groups in total. The molecule has 0 radical (unpaired) electrons. The molecule has 1 aromatic rings. The molecule has 0 saturated heterocycles. The highest BCUT2D eigenvalue weighted by Gasteiger charge is 2.07. The monoisotopic (exact) mass is 247 g/mol. The van der Waals surface area contributed by atoms with Gasteiger partial charge < -0.3 is 10.4 Å². The molecule has 1 rings (SSSR count). The Balaban J connectivity index is 2.24. The molecule has 1 atom stereocenters. The molecular weight excluding hydrogens is 230 g/mol. The van der Waals surface area contributed by atoms with E-state index in [9.17, 15) is 5.11 Å². The third kappa shape index (κ3) is 4.92. The van der Waals surface area contributed by atoms with Crippen LogP contribution in [0.1, 0.15) is 19.7 Å². The highest BCUT2D eigenvalue weighted by molar-refractivity contribution is 8.00. The van der Waals surface area contributed by atoms with Gasteiger partial charge in [0.15, 0.2) is 4.34 Å². The summed E-state index contributed by atoms with van der Waals surface area (Å²) in [6.07, 6.45) is 0.556. The van der Waals surface area contributed by atoms with Crippen molar-refractivity contribution in [2.75, 3.05) is 18.8 Å². The standard InChI is InChI=1S/C9H17N3OS2/c1-3-8-11-9(15-12-8)14-6-7(13)5-10-4-2/h7,10,13H,3-6H2,1-2H3. The van der Waals surface area contributed by atoms with Gasteiger partial charge in [-0.1, -0.05) is 25.6 Å². The molecule has 0 spiro atoms. The quantitative estimate of drug-likeness (QED) is 0.708. The SMILES string of the molecule is CCNCC(O)CSc1nc(CC)ns1. The summed E-state index contributed by atoms with van der Waals surface area (Å²) in [6.45, 7) is 5.60. The van der Waals surface area contributed by atoms with Gasteiger partial charge in [-0.05, 0) is 18.1 Å². The van der Waals surface area contributed by atoms with Crippen molar-refractivity contribution >= 4 is 23.3 Å². The van der Waals surface area contributed by atoms with Crippen molar-refractivity contribution in [2.24, 2.45) is 0 Å². The number of aliphatic hydroxyl groups is 1. The van der Waals surface area contributed by atoms with E-state index in [4.69, 9.17) is 0 Å². The molecule has 0 aliphatic rings. The number of nitrogens with one attached hydrogen (secondary N) is 1. The lowest BCUT2D eigenvalue weighted by Crippen LogP contribution is -2.28. The fourth-order valence-corrected chi connectivity index (χ4v) is 2.63. The summed E-state index contributed by atoms with van der Waals surface area (Å²) in [4.78, 5) is 4.32. The summed E-state index contributed by atoms with van der Waals surface area (Å²) in [7, 11) is 0. The average Bonchev–Trinajstić information content (AvgIpc) is 2.71. The van der Waals surface area contributed by atoms with Crippen LogP contribution in [0.25, 0.3) is 0 Å². The average molecular weight is 247 g/mol. The van der Waals surface area contributed by atoms with Crippen LogP contribution >= 0.6 is 23.3 Å². The van der Waals surface area contributed by atoms with Crippen LogP contribution in [0.3, 0.4) is 0 Å². The van der Waals surface area contributed by atoms with E-state index in [1.807, 2.05) is 13.8 Å². The van der Waals surface area contributed by atoms with Crippen LogP contribution in [-0.2, 0) is 6.42 Å². The predicted molar refractivity (Wildman–Crippen MR) is 64.6 cm³/mol. The molecule has 6 heteroatoms. The molecule has 0 aliphatic heterocycles. The van der Waals surface area contributed by atoms with Crippen LogP contribution in [0.5, 0.6) is 0 Å². The highest BCUT2D eigenvalue weighted by atomic mass is 32.2. The molecule has 86 valence electrons. The van der Waals surface area contributed by atoms with Crippen molar-refractivity contribution in [1.29, 1.82) is 0 Å². The second-order valence-corrected chi connectivity index (χ2v) is 5.12. The summed E-state index contributed by atoms with van der Waals surface area (Å²) in [5.74, 6) is 1.56. The van der Waals surface area contributed by atoms with E-state index in [0.29, 0.717) is 12.3 Å². The minimum Gasteiger partial charge on any atom is -0.391 e. The number of rotatable bonds is 7. The lowest BCUT2D eigenvalue weighted by molar-refractivity contribution is 0.197. The normalized spacial score (nSPS) is 13.0. The third-order valence-corrected chi connectivity index (χ3v) is 3.81. The largest absolute Gasteiger partial charge is 0.391 e. The number of aromatic nitrogens is 2. The summed E-state index contributed by atoms with van der Waals surface area (Å²) >= 11 is 2.98. The Morgan fingerprint density at radius 2 is 2.33 bits per heavy atom. The molecule has 0 aliphatic carbocycles. The maximum absolute atomic E-state index is 9.58. The van der Waals surface area contributed by atoms with Crippen molar-refractivity contribution < 1.29 is 5.11 Å². The first kappa shape index (κ1) is 12.9. The topological polar surface area (TPSA) is 58.0 Å². The Kier molecular flexibility index (Phi) is 6.16. The molecule has 0 amide bonds. The van der Waals surface area contributed by atoms with Crippen LogP contribution in [0.15, 0.2) is 4.34 Å². The Bertz CT molecular complexity index is 280. The van der Waals surface area contributed by atoms with Crippen LogP contribution in [0.2, 0.25) is 0 Å². The first-order chi connectivity index (χ1) is 7.26. The lowest BCUT2D eigenvalue weighted by Gasteiger charge is -2.08. The molecule has 1 heterocycles. The van der Waals surface area contributed by atoms with Gasteiger partial charge in [0, 0.05) is 18.7 Å². The minimum atomic E-state index is -0.316. The fraction of sp³-hybridized carbons (Fsp3) is 0.778. The predicted octanol–water partition coefficient (Wildman–Crippen LogP) is 1.16. The van der Waals surface area contributed by atoms with E-state index >= 15 is 0 Å². The number of likely N-dealkylation sites (N-methyl/N-ethyl adjacent to an activating group) is 1. The summed E-state index contributed by atoms with van der Waals surface area (Å²) in [6, 6.07) is 0. The molecule has 4 nitrogen and oxygen atoms in total. The minimum absolute atomic E-state index is 0.316. The molecule has 0 aromatic carbocycles. The van der Waals surface area contributed by atoms with Crippen LogP contribution in [0.4, 0.5) is 0 Å². The van der Waals surface area contributed by atoms with E-state index in [0.717, 1.165) is 23.1 Å². The number of nitrogens with zero attached hydrogens (tertiary/aromatic N) is 2. The van der Waals surface area contributed by atoms with E-state index in [2.05, 4.69) is 14.7 Å². The number of aliphatic hydroxyl groups excluding tert-OH is 1. The van der Waals surface area contributed by atoms with Crippen molar-refractivity contribution in [2.45, 2.75) is 30.7 Å². The first-order valence-electron chi connectivity index (χ1n) is 5.10. The zero-order valence-electron chi connectivity index (χ0n) is 9.06. The molecule has 1 aromatic heterocycles. The molecule has 15 heavy (non-hydrogen) atoms. The van der Waals surface area contributed by atoms with Crippen LogP contribution < -0.4 is 5.32 Å². The van der Waals surface area contributed by atoms with Gasteiger partial charge in [0.1, 0.15) is 5.82 Å². The van der Waals surface area contributed by atoms with E-state index in [1.54, 1.807) is 11.8 Å². The smallest absolute Gasteiger partial charge is 0.170 e. The summed E-state index contributed by atoms with van der Waals surface area (Å²) in [5.41, 5.74) is 0. The van der Waals surface area contributed by atoms with Gasteiger partial charge in [0.05, 0.1) is 6.10 Å². The van der Waals surface area contributed by atoms with Gasteiger partial charge in [-0.15, -0.1) is 0 Å². The van der Waals surface area contributed by atoms with Crippen molar-refractivity contribution in [1.82, 2.24) is 14.7 Å². The van der Waals surface area contributed by atoms with Gasteiger partial charge in [0.25, 0.3) is 0 Å². The lowest BCUT2D eigenvalue weighted by atomic mass is 10.4. The maximum atomic E-state index is 9.58. The van der Waals surface area contributed by atoms with Crippen LogP contribution in [-0.4, -0.2) is 39.4 Å². The van der Waals surface area contributed by atoms with E-state index < -0.39 is 0 Å². The third-order valence-electron chi connectivity index (χ3n) is 1.79. The van der Waals surface area contributed by atoms with Gasteiger partial charge in [-0.3, -0.25) is 0 Å². The first-order valence-corrected chi connectivity index (χ1v) is 6.86. The molecule has 0 saturated carbocycles. The molecule has 0 bridgehead atoms. The fourth-order valence-electron chi connectivity index (χ4n) is 0.978. The zero-order chi connectivity index (χ0) is 11.1. The van der Waals surface area contributed by atoms with Crippen molar-refractivity contribution in [3.05, 3.63) is 5.82 Å². The Labute approximate surface area is 98.7 Å². The summed E-state index contributed by atoms with van der Waals surface area (Å²) in [5, 5.41) is 12.7. The van der Waals surface area contributed by atoms with E-state index in [-0.39, 0.29) is 6.10 Å². The summed E-state index contributed by atoms with van der Waals surface area (Å²) < 4.78 is 5.13. The molecule has 1 unspecified atom stereocenters. The number of hydrogen-bond donors (Lipinski definition) is 2. The van der Waals surface area contributed by atoms with Gasteiger partial charge >= 0.3 is 0 Å². The highest BCUT2D eigenvalue weighted by Crippen LogP contribution is 2.20. The number of thioether (sulfide) groups is 1. The van der Waals surface area contributed by atoms with Gasteiger partial charge in [0.2, 0.25) is 0 Å². The Hall–Kier alpha value is -0.170. The number of aryl methyl sites for hydroxylation is 1. The van der Waals surface area contributed by atoms with Gasteiger partial charge in [-0.25, -0.2) is 4.98 Å².